The summed E-state index contributed by atoms with van der Waals surface area (Å²) in [6, 6.07) is 0. The number of rotatable bonds is 11. The van der Waals surface area contributed by atoms with Gasteiger partial charge in [0.25, 0.3) is 0 Å². The van der Waals surface area contributed by atoms with E-state index in [9.17, 15) is 20.1 Å². The van der Waals surface area contributed by atoms with Gasteiger partial charge in [-0.05, 0) is 37.8 Å². The van der Waals surface area contributed by atoms with Gasteiger partial charge >= 0.3 is 5.97 Å². The van der Waals surface area contributed by atoms with E-state index in [2.05, 4.69) is 46.2 Å². The predicted octanol–water partition coefficient (Wildman–Crippen LogP) is 3.23. The van der Waals surface area contributed by atoms with E-state index in [-0.39, 0.29) is 0 Å². The Morgan fingerprint density at radius 1 is 1.15 bits per heavy atom. The first-order valence-electron chi connectivity index (χ1n) is 9.56. The Hall–Kier alpha value is -0.299. The molecule has 0 aliphatic carbocycles. The Morgan fingerprint density at radius 3 is 1.96 bits per heavy atom. The molecule has 27 heavy (non-hydrogen) atoms. The van der Waals surface area contributed by atoms with E-state index in [0.29, 0.717) is 11.6 Å². The maximum Gasteiger partial charge on any atom is 0.332 e. The highest BCUT2D eigenvalue weighted by molar-refractivity contribution is 6.97. The van der Waals surface area contributed by atoms with Crippen LogP contribution in [0.5, 0.6) is 0 Å². The second-order valence-electron chi connectivity index (χ2n) is 9.43. The first-order chi connectivity index (χ1) is 12.0. The molecule has 0 saturated heterocycles. The van der Waals surface area contributed by atoms with E-state index in [1.807, 2.05) is 20.0 Å². The highest BCUT2D eigenvalue weighted by atomic mass is 28.4. The molecule has 4 atom stereocenters. The highest BCUT2D eigenvalue weighted by Crippen LogP contribution is 2.44. The lowest BCUT2D eigenvalue weighted by Gasteiger charge is -2.49. The van der Waals surface area contributed by atoms with Gasteiger partial charge in [0, 0.05) is 19.7 Å². The van der Waals surface area contributed by atoms with E-state index >= 15 is 0 Å². The molecule has 160 valence electrons. The van der Waals surface area contributed by atoms with Crippen LogP contribution < -0.4 is 0 Å². The summed E-state index contributed by atoms with van der Waals surface area (Å²) in [4.78, 5) is 11.8. The van der Waals surface area contributed by atoms with Gasteiger partial charge in [-0.3, -0.25) is 0 Å². The molecule has 4 unspecified atom stereocenters. The zero-order valence-electron chi connectivity index (χ0n) is 18.5. The minimum atomic E-state index is -2.65. The molecule has 0 aromatic heterocycles. The van der Waals surface area contributed by atoms with Crippen LogP contribution in [0.25, 0.3) is 0 Å². The summed E-state index contributed by atoms with van der Waals surface area (Å²) < 4.78 is 12.0. The van der Waals surface area contributed by atoms with Crippen LogP contribution >= 0.6 is 0 Å². The Kier molecular flexibility index (Phi) is 9.36. The largest absolute Gasteiger partial charge is 0.455 e. The number of esters is 1. The third-order valence-electron chi connectivity index (χ3n) is 5.70. The van der Waals surface area contributed by atoms with Crippen LogP contribution in [0.1, 0.15) is 20.3 Å². The molecular weight excluding hydrogens is 396 g/mol. The molecule has 0 saturated carbocycles. The summed E-state index contributed by atoms with van der Waals surface area (Å²) in [5, 5.41) is 31.4. The van der Waals surface area contributed by atoms with Gasteiger partial charge in [-0.1, -0.05) is 40.1 Å². The van der Waals surface area contributed by atoms with Crippen LogP contribution in [-0.4, -0.2) is 64.5 Å². The monoisotopic (exact) mass is 436 g/mol. The number of carbonyl (C=O) groups excluding carboxylic acids is 1. The Labute approximate surface area is 167 Å². The van der Waals surface area contributed by atoms with Crippen molar-refractivity contribution in [2.45, 2.75) is 88.7 Å². The van der Waals surface area contributed by atoms with Gasteiger partial charge < -0.3 is 24.2 Å². The van der Waals surface area contributed by atoms with E-state index < -0.39 is 54.7 Å². The molecular formula is C18H40O6Si3. The Bertz CT molecular complexity index is 518. The topological polar surface area (TPSA) is 96.2 Å². The quantitative estimate of drug-likeness (QED) is 0.199. The molecule has 3 N–H and O–H groups in total. The fourth-order valence-corrected chi connectivity index (χ4v) is 21.7. The molecule has 0 aromatic carbocycles. The number of aliphatic hydroxyl groups is 3. The van der Waals surface area contributed by atoms with Crippen LogP contribution in [0.4, 0.5) is 0 Å². The average Bonchev–Trinajstić information content (AvgIpc) is 2.51. The first-order valence-corrected chi connectivity index (χ1v) is 19.1. The number of ether oxygens (including phenoxy) is 1. The summed E-state index contributed by atoms with van der Waals surface area (Å²) in [6.45, 7) is 22.0. The first kappa shape index (κ1) is 26.7. The van der Waals surface area contributed by atoms with E-state index in [1.54, 1.807) is 0 Å². The maximum atomic E-state index is 11.8. The lowest BCUT2D eigenvalue weighted by Crippen LogP contribution is -2.62. The van der Waals surface area contributed by atoms with Gasteiger partial charge in [0.05, 0.1) is 6.61 Å². The summed E-state index contributed by atoms with van der Waals surface area (Å²) in [7, 11) is -6.21. The molecule has 0 spiro atoms. The zero-order valence-corrected chi connectivity index (χ0v) is 21.5. The van der Waals surface area contributed by atoms with Crippen molar-refractivity contribution < 1.29 is 29.0 Å². The third-order valence-corrected chi connectivity index (χ3v) is 21.8. The van der Waals surface area contributed by atoms with E-state index in [1.165, 1.54) is 0 Å². The number of hydrogen-bond donors (Lipinski definition) is 3. The second-order valence-corrected chi connectivity index (χ2v) is 24.4. The van der Waals surface area contributed by atoms with E-state index in [0.717, 1.165) is 6.08 Å². The molecule has 0 bridgehead atoms. The molecule has 0 heterocycles. The zero-order chi connectivity index (χ0) is 21.8. The summed E-state index contributed by atoms with van der Waals surface area (Å²) in [6.07, 6.45) is -0.257. The summed E-state index contributed by atoms with van der Waals surface area (Å²) >= 11 is 0. The van der Waals surface area contributed by atoms with Crippen molar-refractivity contribution in [3.8, 4) is 0 Å². The lowest BCUT2D eigenvalue weighted by molar-refractivity contribution is -0.253. The Morgan fingerprint density at radius 2 is 1.63 bits per heavy atom. The summed E-state index contributed by atoms with van der Waals surface area (Å²) in [5.74, 6) is -3.07. The normalized spacial score (nSPS) is 19.0. The number of hydrogen-bond acceptors (Lipinski definition) is 6. The van der Waals surface area contributed by atoms with Gasteiger partial charge in [-0.15, -0.1) is 0 Å². The SMILES string of the molecule is C=CC(=O)OC(O)(C(O)CO)C(CC)[Si](C)(C)O[Si](C)(C)C(C)[Si](C)(C)C. The molecule has 0 amide bonds. The van der Waals surface area contributed by atoms with Gasteiger partial charge in [-0.25, -0.2) is 4.79 Å². The smallest absolute Gasteiger partial charge is 0.332 e. The minimum Gasteiger partial charge on any atom is -0.455 e. The van der Waals surface area contributed by atoms with Crippen molar-refractivity contribution in [2.24, 2.45) is 0 Å². The molecule has 9 heteroatoms. The maximum absolute atomic E-state index is 11.8. The molecule has 0 rings (SSSR count). The van der Waals surface area contributed by atoms with Crippen molar-refractivity contribution in [3.63, 3.8) is 0 Å². The van der Waals surface area contributed by atoms with Gasteiger partial charge in [0.1, 0.15) is 6.10 Å². The number of carbonyl (C=O) groups is 1. The number of aliphatic hydroxyl groups excluding tert-OH is 2. The van der Waals surface area contributed by atoms with Crippen molar-refractivity contribution in [2.75, 3.05) is 6.61 Å². The molecule has 0 aromatic rings. The molecule has 0 aliphatic rings. The van der Waals surface area contributed by atoms with Crippen molar-refractivity contribution in [1.29, 1.82) is 0 Å². The van der Waals surface area contributed by atoms with Crippen LogP contribution in [0.2, 0.25) is 56.5 Å². The van der Waals surface area contributed by atoms with Gasteiger partial charge in [0.15, 0.2) is 16.6 Å². The fraction of sp³-hybridized carbons (Fsp3) is 0.833. The molecule has 0 radical (unpaired) electrons. The minimum absolute atomic E-state index is 0.434. The lowest BCUT2D eigenvalue weighted by atomic mass is 10.0. The van der Waals surface area contributed by atoms with Crippen molar-refractivity contribution >= 4 is 30.7 Å². The second kappa shape index (κ2) is 9.47. The van der Waals surface area contributed by atoms with Crippen LogP contribution in [0.15, 0.2) is 12.7 Å². The van der Waals surface area contributed by atoms with Crippen LogP contribution in [-0.2, 0) is 13.6 Å². The van der Waals surface area contributed by atoms with Gasteiger partial charge in [0.2, 0.25) is 5.79 Å². The van der Waals surface area contributed by atoms with Crippen molar-refractivity contribution in [3.05, 3.63) is 12.7 Å². The third kappa shape index (κ3) is 6.62. The molecule has 6 nitrogen and oxygen atoms in total. The molecule has 0 aliphatic heterocycles. The van der Waals surface area contributed by atoms with Crippen LogP contribution in [0, 0.1) is 0 Å². The standard InChI is InChI=1S/C18H40O6Si3/c1-11-16(18(22,15(20)13-19)23-17(21)12-2)27(9,10)24-26(7,8)14(3)25(4,5)6/h12,14-16,19-20,22H,2,11,13H2,1,3-10H3. The predicted molar refractivity (Wildman–Crippen MR) is 117 cm³/mol. The Balaban J connectivity index is 5.98. The summed E-state index contributed by atoms with van der Waals surface area (Å²) in [5.41, 5.74) is -0.614. The average molecular weight is 437 g/mol. The van der Waals surface area contributed by atoms with Gasteiger partial charge in [-0.2, -0.15) is 0 Å². The fourth-order valence-electron chi connectivity index (χ4n) is 3.87. The van der Waals surface area contributed by atoms with Crippen LogP contribution in [0.3, 0.4) is 0 Å². The van der Waals surface area contributed by atoms with E-state index in [4.69, 9.17) is 8.85 Å². The molecule has 0 fully saturated rings. The van der Waals surface area contributed by atoms with Crippen molar-refractivity contribution in [1.82, 2.24) is 0 Å². The highest BCUT2D eigenvalue weighted by Gasteiger charge is 2.56.